The van der Waals surface area contributed by atoms with E-state index in [9.17, 15) is 0 Å². The van der Waals surface area contributed by atoms with Crippen LogP contribution in [0.25, 0.3) is 6.08 Å². The van der Waals surface area contributed by atoms with Gasteiger partial charge in [0.05, 0.1) is 0 Å². The van der Waals surface area contributed by atoms with Gasteiger partial charge in [0.1, 0.15) is 0 Å². The minimum absolute atomic E-state index is 0.376. The average Bonchev–Trinajstić information content (AvgIpc) is 2.99. The third kappa shape index (κ3) is 2.60. The van der Waals surface area contributed by atoms with Crippen molar-refractivity contribution in [3.63, 3.8) is 0 Å². The summed E-state index contributed by atoms with van der Waals surface area (Å²) in [5.41, 5.74) is 2.45. The van der Waals surface area contributed by atoms with Gasteiger partial charge < -0.3 is 0 Å². The van der Waals surface area contributed by atoms with Gasteiger partial charge in [-0.15, -0.1) is 0 Å². The molecule has 0 bridgehead atoms. The molecule has 0 radical (unpaired) electrons. The fraction of sp³-hybridized carbons (Fsp3) is 0.263. The van der Waals surface area contributed by atoms with Gasteiger partial charge in [0.15, 0.2) is 0 Å². The predicted molar refractivity (Wildman–Crippen MR) is 108 cm³/mol. The molecule has 0 heterocycles. The van der Waals surface area contributed by atoms with Gasteiger partial charge in [-0.2, -0.15) is 0 Å². The Hall–Kier alpha value is -0.0188. The molecular weight excluding hydrogens is 411 g/mol. The molecule has 1 unspecified atom stereocenters. The molecule has 0 aliphatic heterocycles. The Bertz CT molecular complexity index is 751. The molecule has 0 saturated heterocycles. The molecule has 2 aromatic rings. The number of rotatable bonds is 5. The zero-order chi connectivity index (χ0) is 17.4. The maximum absolute atomic E-state index is 6.92. The SMILES string of the molecule is CC[Si](CC)(c1ccccc1)[C]1([Ti]([Cl])([Cl])[Cl])C=Cc2ccccc21. The van der Waals surface area contributed by atoms with Crippen LogP contribution in [0.2, 0.25) is 12.1 Å². The quantitative estimate of drug-likeness (QED) is 0.477. The topological polar surface area (TPSA) is 0 Å². The number of benzene rings is 2. The van der Waals surface area contributed by atoms with Gasteiger partial charge in [-0.25, -0.2) is 0 Å². The number of halogens is 3. The van der Waals surface area contributed by atoms with Crippen LogP contribution in [0.4, 0.5) is 0 Å². The summed E-state index contributed by atoms with van der Waals surface area (Å²) in [6, 6.07) is 21.4. The van der Waals surface area contributed by atoms with Gasteiger partial charge in [0, 0.05) is 0 Å². The van der Waals surface area contributed by atoms with E-state index in [0.29, 0.717) is 0 Å². The number of fused-ring (bicyclic) bond motifs is 1. The molecule has 0 aromatic heterocycles. The first-order valence-electron chi connectivity index (χ1n) is 8.34. The fourth-order valence-electron chi connectivity index (χ4n) is 4.44. The van der Waals surface area contributed by atoms with Gasteiger partial charge >= 0.3 is 162 Å². The summed E-state index contributed by atoms with van der Waals surface area (Å²) in [4.78, 5) is 0. The molecule has 24 heavy (non-hydrogen) atoms. The van der Waals surface area contributed by atoms with Crippen LogP contribution in [0.15, 0.2) is 60.7 Å². The van der Waals surface area contributed by atoms with Gasteiger partial charge in [-0.05, 0) is 0 Å². The fourth-order valence-corrected chi connectivity index (χ4v) is 24.7. The zero-order valence-electron chi connectivity index (χ0n) is 13.9. The van der Waals surface area contributed by atoms with Crippen LogP contribution in [0, 0.1) is 0 Å². The van der Waals surface area contributed by atoms with Crippen molar-refractivity contribution in [2.45, 2.75) is 29.3 Å². The van der Waals surface area contributed by atoms with Crippen LogP contribution in [0.1, 0.15) is 25.0 Å². The van der Waals surface area contributed by atoms with Crippen LogP contribution in [0.5, 0.6) is 0 Å². The van der Waals surface area contributed by atoms with Crippen molar-refractivity contribution in [3.05, 3.63) is 71.8 Å². The van der Waals surface area contributed by atoms with Crippen LogP contribution < -0.4 is 5.19 Å². The molecule has 0 amide bonds. The summed E-state index contributed by atoms with van der Waals surface area (Å²) in [6.07, 6.45) is 4.44. The van der Waals surface area contributed by atoms with E-state index < -0.39 is 21.5 Å². The Morgan fingerprint density at radius 3 is 2.04 bits per heavy atom. The van der Waals surface area contributed by atoms with Crippen molar-refractivity contribution in [3.8, 4) is 0 Å². The van der Waals surface area contributed by atoms with Gasteiger partial charge in [-0.3, -0.25) is 0 Å². The van der Waals surface area contributed by atoms with Crippen LogP contribution >= 0.6 is 27.9 Å². The molecule has 0 spiro atoms. The average molecular weight is 432 g/mol. The second-order valence-corrected chi connectivity index (χ2v) is 24.3. The second kappa shape index (κ2) is 6.95. The van der Waals surface area contributed by atoms with Gasteiger partial charge in [-0.1, -0.05) is 0 Å². The van der Waals surface area contributed by atoms with E-state index >= 15 is 0 Å². The van der Waals surface area contributed by atoms with Crippen LogP contribution in [-0.4, -0.2) is 8.07 Å². The van der Waals surface area contributed by atoms with E-state index in [2.05, 4.69) is 80.6 Å². The number of allylic oxidation sites excluding steroid dienone is 1. The molecule has 0 N–H and O–H groups in total. The van der Waals surface area contributed by atoms with Crippen molar-refractivity contribution in [2.75, 3.05) is 0 Å². The zero-order valence-corrected chi connectivity index (χ0v) is 18.7. The molecule has 1 atom stereocenters. The predicted octanol–water partition coefficient (Wildman–Crippen LogP) is 6.46. The molecule has 3 rings (SSSR count). The van der Waals surface area contributed by atoms with Crippen molar-refractivity contribution < 1.29 is 13.4 Å². The van der Waals surface area contributed by atoms with Crippen LogP contribution in [-0.2, 0) is 16.7 Å². The van der Waals surface area contributed by atoms with E-state index in [1.54, 1.807) is 0 Å². The Morgan fingerprint density at radius 2 is 1.46 bits per heavy atom. The van der Waals surface area contributed by atoms with Crippen molar-refractivity contribution in [1.29, 1.82) is 0 Å². The summed E-state index contributed by atoms with van der Waals surface area (Å²) in [6.45, 7) is 4.55. The molecule has 0 fully saturated rings. The molecule has 1 aliphatic carbocycles. The molecule has 2 aromatic carbocycles. The van der Waals surface area contributed by atoms with E-state index in [4.69, 9.17) is 27.9 Å². The first-order chi connectivity index (χ1) is 11.4. The number of hydrogen-bond acceptors (Lipinski definition) is 0. The maximum atomic E-state index is 6.92. The standard InChI is InChI=1S/C19H21Si.3ClH.Ti/c1-3-20(4-2,17-11-6-5-7-12-17)19-15-14-16-10-8-9-13-18(16)19;;;;/h5-15H,3-4H2,1-2H3;3*1H;/q;;;;+3/p-3. The van der Waals surface area contributed by atoms with Crippen molar-refractivity contribution in [1.82, 2.24) is 0 Å². The van der Waals surface area contributed by atoms with E-state index in [0.717, 1.165) is 12.1 Å². The van der Waals surface area contributed by atoms with E-state index in [1.165, 1.54) is 16.3 Å². The minimum atomic E-state index is -3.69. The molecular formula is C19H21Cl3SiTi. The van der Waals surface area contributed by atoms with E-state index in [-0.39, 0.29) is 3.34 Å². The molecule has 126 valence electrons. The normalized spacial score (nSPS) is 20.2. The summed E-state index contributed by atoms with van der Waals surface area (Å²) < 4.78 is -0.376. The molecule has 0 nitrogen and oxygen atoms in total. The summed E-state index contributed by atoms with van der Waals surface area (Å²) in [5, 5.41) is 1.40. The molecule has 0 saturated carbocycles. The van der Waals surface area contributed by atoms with Crippen molar-refractivity contribution >= 4 is 47.3 Å². The summed E-state index contributed by atoms with van der Waals surface area (Å²) in [5.74, 6) is 0. The Labute approximate surface area is 160 Å². The van der Waals surface area contributed by atoms with E-state index in [1.807, 2.05) is 0 Å². The van der Waals surface area contributed by atoms with Gasteiger partial charge in [0.2, 0.25) is 0 Å². The van der Waals surface area contributed by atoms with Gasteiger partial charge in [0.25, 0.3) is 0 Å². The van der Waals surface area contributed by atoms with Crippen molar-refractivity contribution in [2.24, 2.45) is 0 Å². The summed E-state index contributed by atoms with van der Waals surface area (Å²) in [7, 11) is 18.6. The van der Waals surface area contributed by atoms with Crippen LogP contribution in [0.3, 0.4) is 0 Å². The Morgan fingerprint density at radius 1 is 0.875 bits per heavy atom. The third-order valence-corrected chi connectivity index (χ3v) is 22.9. The molecule has 1 aliphatic rings. The summed E-state index contributed by atoms with van der Waals surface area (Å²) >= 11 is -3.69. The number of hydrogen-bond donors (Lipinski definition) is 0. The second-order valence-electron chi connectivity index (χ2n) is 6.38. The first kappa shape index (κ1) is 18.8. The monoisotopic (exact) mass is 430 g/mol. The molecule has 5 heteroatoms. The third-order valence-electron chi connectivity index (χ3n) is 5.63. The Balaban J connectivity index is 2.37. The Kier molecular flexibility index (Phi) is 5.43. The first-order valence-corrected chi connectivity index (χ1v) is 18.0.